The van der Waals surface area contributed by atoms with Crippen LogP contribution in [-0.4, -0.2) is 35.1 Å². The number of nitrogens with zero attached hydrogens (tertiary/aromatic N) is 5. The number of nitrogens with one attached hydrogen (secondary N) is 1. The fourth-order valence-corrected chi connectivity index (χ4v) is 2.59. The van der Waals surface area contributed by atoms with Gasteiger partial charge >= 0.3 is 5.69 Å². The monoisotopic (exact) mass is 300 g/mol. The molecule has 0 aromatic carbocycles. The van der Waals surface area contributed by atoms with Gasteiger partial charge in [-0.1, -0.05) is 17.7 Å². The van der Waals surface area contributed by atoms with Crippen molar-refractivity contribution in [1.82, 2.24) is 29.4 Å². The van der Waals surface area contributed by atoms with Crippen LogP contribution in [-0.2, 0) is 7.05 Å². The normalized spacial score (nSPS) is 10.9. The van der Waals surface area contributed by atoms with Crippen LogP contribution in [0.1, 0.15) is 5.69 Å². The van der Waals surface area contributed by atoms with E-state index in [0.29, 0.717) is 22.3 Å². The molecule has 0 aliphatic carbocycles. The van der Waals surface area contributed by atoms with Crippen molar-refractivity contribution in [1.29, 1.82) is 0 Å². The molecular formula is C13H12N6OS. The Morgan fingerprint density at radius 3 is 2.95 bits per heavy atom. The third-order valence-electron chi connectivity index (χ3n) is 2.91. The van der Waals surface area contributed by atoms with E-state index in [4.69, 9.17) is 6.42 Å². The Balaban J connectivity index is 2.24. The van der Waals surface area contributed by atoms with Crippen LogP contribution < -0.4 is 5.69 Å². The molecule has 0 radical (unpaired) electrons. The van der Waals surface area contributed by atoms with Crippen LogP contribution in [0.4, 0.5) is 0 Å². The molecule has 0 fully saturated rings. The van der Waals surface area contributed by atoms with Crippen LogP contribution >= 0.6 is 11.8 Å². The topological polar surface area (TPSA) is 80.9 Å². The molecule has 0 aliphatic rings. The minimum Gasteiger partial charge on any atom is -0.285 e. The van der Waals surface area contributed by atoms with Gasteiger partial charge in [0.25, 0.3) is 0 Å². The van der Waals surface area contributed by atoms with E-state index in [9.17, 15) is 4.79 Å². The number of aromatic amines is 1. The zero-order valence-electron chi connectivity index (χ0n) is 11.5. The van der Waals surface area contributed by atoms with E-state index in [1.165, 1.54) is 16.3 Å². The standard InChI is InChI=1S/C13H12N6OS/c1-4-7-21-12-14-11-10(9-5-6-18(3)17-9)8(2)16-19(11)13(20)15-12/h1,5-6H,7H2,2-3H3,(H,14,15,20). The molecule has 0 aliphatic heterocycles. The molecule has 0 amide bonds. The molecule has 3 rings (SSSR count). The molecule has 8 heteroatoms. The first-order valence-electron chi connectivity index (χ1n) is 6.16. The maximum atomic E-state index is 12.1. The SMILES string of the molecule is C#CCSc1nc2c(-c3ccn(C)n3)c(C)nn2c(=O)[nH]1. The number of terminal acetylenes is 1. The zero-order chi connectivity index (χ0) is 15.0. The highest BCUT2D eigenvalue weighted by molar-refractivity contribution is 7.99. The Labute approximate surface area is 124 Å². The Morgan fingerprint density at radius 1 is 1.48 bits per heavy atom. The van der Waals surface area contributed by atoms with Crippen LogP contribution in [0.5, 0.6) is 0 Å². The number of H-pyrrole nitrogens is 1. The summed E-state index contributed by atoms with van der Waals surface area (Å²) in [4.78, 5) is 19.2. The van der Waals surface area contributed by atoms with Crippen LogP contribution in [0.15, 0.2) is 22.2 Å². The van der Waals surface area contributed by atoms with Gasteiger partial charge in [-0.25, -0.2) is 9.78 Å². The number of thioether (sulfide) groups is 1. The van der Waals surface area contributed by atoms with Gasteiger partial charge in [0.05, 0.1) is 22.7 Å². The second-order valence-corrected chi connectivity index (χ2v) is 5.37. The summed E-state index contributed by atoms with van der Waals surface area (Å²) in [6, 6.07) is 1.86. The van der Waals surface area contributed by atoms with E-state index in [1.807, 2.05) is 26.2 Å². The summed E-state index contributed by atoms with van der Waals surface area (Å²) in [6.45, 7) is 1.83. The van der Waals surface area contributed by atoms with Gasteiger partial charge in [0.15, 0.2) is 10.8 Å². The molecule has 0 saturated carbocycles. The molecule has 1 N–H and O–H groups in total. The molecule has 0 bridgehead atoms. The Morgan fingerprint density at radius 2 is 2.29 bits per heavy atom. The highest BCUT2D eigenvalue weighted by Gasteiger charge is 2.17. The molecule has 0 atom stereocenters. The average molecular weight is 300 g/mol. The summed E-state index contributed by atoms with van der Waals surface area (Å²) in [6.07, 6.45) is 7.07. The van der Waals surface area contributed by atoms with Crippen molar-refractivity contribution in [2.24, 2.45) is 7.05 Å². The highest BCUT2D eigenvalue weighted by atomic mass is 32.2. The molecule has 106 valence electrons. The lowest BCUT2D eigenvalue weighted by Crippen LogP contribution is -2.19. The van der Waals surface area contributed by atoms with E-state index < -0.39 is 0 Å². The quantitative estimate of drug-likeness (QED) is 0.573. The first-order valence-corrected chi connectivity index (χ1v) is 7.14. The van der Waals surface area contributed by atoms with Crippen LogP contribution in [0.2, 0.25) is 0 Å². The summed E-state index contributed by atoms with van der Waals surface area (Å²) in [5, 5.41) is 9.06. The van der Waals surface area contributed by atoms with Crippen molar-refractivity contribution in [3.05, 3.63) is 28.4 Å². The van der Waals surface area contributed by atoms with Crippen molar-refractivity contribution in [2.75, 3.05) is 5.75 Å². The minimum absolute atomic E-state index is 0.343. The molecule has 3 heterocycles. The van der Waals surface area contributed by atoms with Gasteiger partial charge in [-0.3, -0.25) is 9.67 Å². The summed E-state index contributed by atoms with van der Waals surface area (Å²) in [5.41, 5.74) is 2.32. The average Bonchev–Trinajstić information content (AvgIpc) is 2.99. The zero-order valence-corrected chi connectivity index (χ0v) is 12.3. The van der Waals surface area contributed by atoms with Gasteiger partial charge in [0, 0.05) is 13.2 Å². The summed E-state index contributed by atoms with van der Waals surface area (Å²) < 4.78 is 2.94. The lowest BCUT2D eigenvalue weighted by molar-refractivity contribution is 0.770. The number of hydrogen-bond acceptors (Lipinski definition) is 5. The number of aromatic nitrogens is 6. The van der Waals surface area contributed by atoms with Crippen molar-refractivity contribution >= 4 is 17.4 Å². The predicted molar refractivity (Wildman–Crippen MR) is 80.1 cm³/mol. The Bertz CT molecular complexity index is 913. The first-order chi connectivity index (χ1) is 10.1. The van der Waals surface area contributed by atoms with Gasteiger partial charge < -0.3 is 0 Å². The molecule has 0 saturated heterocycles. The third kappa shape index (κ3) is 2.32. The van der Waals surface area contributed by atoms with Crippen molar-refractivity contribution in [3.8, 4) is 23.6 Å². The molecule has 0 unspecified atom stereocenters. The van der Waals surface area contributed by atoms with Crippen molar-refractivity contribution in [3.63, 3.8) is 0 Å². The predicted octanol–water partition coefficient (Wildman–Crippen LogP) is 0.852. The molecule has 3 aromatic rings. The maximum Gasteiger partial charge on any atom is 0.350 e. The summed E-state index contributed by atoms with van der Waals surface area (Å²) in [7, 11) is 1.83. The Hall–Kier alpha value is -2.53. The fourth-order valence-electron chi connectivity index (χ4n) is 2.06. The van der Waals surface area contributed by atoms with Gasteiger partial charge in [0.1, 0.15) is 0 Å². The second kappa shape index (κ2) is 5.10. The molecule has 7 nitrogen and oxygen atoms in total. The van der Waals surface area contributed by atoms with Gasteiger partial charge in [0.2, 0.25) is 0 Å². The Kier molecular flexibility index (Phi) is 3.27. The van der Waals surface area contributed by atoms with Gasteiger partial charge in [-0.05, 0) is 13.0 Å². The van der Waals surface area contributed by atoms with E-state index in [0.717, 1.165) is 11.3 Å². The number of rotatable bonds is 3. The van der Waals surface area contributed by atoms with Gasteiger partial charge in [-0.2, -0.15) is 14.7 Å². The second-order valence-electron chi connectivity index (χ2n) is 4.41. The number of aryl methyl sites for hydroxylation is 2. The summed E-state index contributed by atoms with van der Waals surface area (Å²) in [5.74, 6) is 2.94. The summed E-state index contributed by atoms with van der Waals surface area (Å²) >= 11 is 1.30. The van der Waals surface area contributed by atoms with Crippen LogP contribution in [0.3, 0.4) is 0 Å². The first kappa shape index (κ1) is 13.5. The minimum atomic E-state index is -0.343. The number of fused-ring (bicyclic) bond motifs is 1. The highest BCUT2D eigenvalue weighted by Crippen LogP contribution is 2.25. The van der Waals surface area contributed by atoms with Crippen LogP contribution in [0, 0.1) is 19.3 Å². The molecule has 21 heavy (non-hydrogen) atoms. The van der Waals surface area contributed by atoms with E-state index in [1.54, 1.807) is 4.68 Å². The van der Waals surface area contributed by atoms with Crippen molar-refractivity contribution in [2.45, 2.75) is 12.1 Å². The smallest absolute Gasteiger partial charge is 0.285 e. The molecule has 0 spiro atoms. The lowest BCUT2D eigenvalue weighted by Gasteiger charge is -1.99. The number of hydrogen-bond donors (Lipinski definition) is 1. The lowest BCUT2D eigenvalue weighted by atomic mass is 10.2. The van der Waals surface area contributed by atoms with E-state index in [-0.39, 0.29) is 5.69 Å². The third-order valence-corrected chi connectivity index (χ3v) is 3.69. The van der Waals surface area contributed by atoms with Crippen LogP contribution in [0.25, 0.3) is 16.9 Å². The molecule has 3 aromatic heterocycles. The largest absolute Gasteiger partial charge is 0.350 e. The van der Waals surface area contributed by atoms with E-state index in [2.05, 4.69) is 26.1 Å². The molecular weight excluding hydrogens is 288 g/mol. The van der Waals surface area contributed by atoms with E-state index >= 15 is 0 Å². The fraction of sp³-hybridized carbons (Fsp3) is 0.231. The van der Waals surface area contributed by atoms with Gasteiger partial charge in [-0.15, -0.1) is 6.42 Å². The maximum absolute atomic E-state index is 12.1. The van der Waals surface area contributed by atoms with Crippen molar-refractivity contribution < 1.29 is 0 Å².